The first-order valence-corrected chi connectivity index (χ1v) is 2.99. The molecule has 0 bridgehead atoms. The molecule has 0 radical (unpaired) electrons. The van der Waals surface area contributed by atoms with E-state index < -0.39 is 0 Å². The third kappa shape index (κ3) is 0.603. The van der Waals surface area contributed by atoms with Crippen molar-refractivity contribution in [1.29, 1.82) is 0 Å². The first-order valence-electron chi connectivity index (χ1n) is 2.99. The topological polar surface area (TPSA) is 39.2 Å². The summed E-state index contributed by atoms with van der Waals surface area (Å²) in [6.07, 6.45) is 1.59. The van der Waals surface area contributed by atoms with Crippen LogP contribution < -0.4 is 4.74 Å². The average Bonchev–Trinajstić information content (AvgIpc) is 2.34. The Kier molecular flexibility index (Phi) is 0.974. The van der Waals surface area contributed by atoms with Crippen LogP contribution in [0.15, 0.2) is 18.3 Å². The summed E-state index contributed by atoms with van der Waals surface area (Å²) in [5.41, 5.74) is 0.461. The third-order valence-electron chi connectivity index (χ3n) is 1.39. The van der Waals surface area contributed by atoms with E-state index in [9.17, 15) is 4.79 Å². The maximum absolute atomic E-state index is 10.9. The van der Waals surface area contributed by atoms with Gasteiger partial charge in [0.2, 0.25) is 5.78 Å². The van der Waals surface area contributed by atoms with Crippen LogP contribution in [0.5, 0.6) is 5.75 Å². The fourth-order valence-corrected chi connectivity index (χ4v) is 0.928. The first kappa shape index (κ1) is 5.41. The number of ketones is 1. The summed E-state index contributed by atoms with van der Waals surface area (Å²) in [6.45, 7) is 0.145. The molecule has 1 aliphatic heterocycles. The molecule has 2 heterocycles. The van der Waals surface area contributed by atoms with Gasteiger partial charge in [-0.3, -0.25) is 4.79 Å². The van der Waals surface area contributed by atoms with Crippen LogP contribution in [0.1, 0.15) is 10.5 Å². The number of hydrogen-bond acceptors (Lipinski definition) is 3. The van der Waals surface area contributed by atoms with Crippen molar-refractivity contribution in [3.05, 3.63) is 24.0 Å². The van der Waals surface area contributed by atoms with Crippen LogP contribution in [0.4, 0.5) is 0 Å². The molecule has 3 nitrogen and oxygen atoms in total. The number of carbonyl (C=O) groups is 1. The number of ether oxygens (including phenoxy) is 1. The summed E-state index contributed by atoms with van der Waals surface area (Å²) in [6, 6.07) is 3.49. The molecule has 1 aliphatic rings. The molecular weight excluding hydrogens is 130 g/mol. The van der Waals surface area contributed by atoms with Crippen LogP contribution in [0.25, 0.3) is 0 Å². The molecule has 1 aromatic rings. The van der Waals surface area contributed by atoms with Crippen LogP contribution in [0.2, 0.25) is 0 Å². The molecule has 0 atom stereocenters. The number of Topliss-reactive ketones (excluding diaryl/α,β-unsaturated/α-hetero) is 1. The molecule has 3 heteroatoms. The van der Waals surface area contributed by atoms with Crippen molar-refractivity contribution in [1.82, 2.24) is 4.98 Å². The van der Waals surface area contributed by atoms with Gasteiger partial charge in [-0.2, -0.15) is 0 Å². The fraction of sp³-hybridized carbons (Fsp3) is 0.143. The van der Waals surface area contributed by atoms with E-state index in [4.69, 9.17) is 4.74 Å². The van der Waals surface area contributed by atoms with Gasteiger partial charge < -0.3 is 4.74 Å². The normalized spacial score (nSPS) is 14.6. The molecule has 50 valence electrons. The molecule has 0 unspecified atom stereocenters. The van der Waals surface area contributed by atoms with Gasteiger partial charge in [-0.1, -0.05) is 0 Å². The van der Waals surface area contributed by atoms with Crippen molar-refractivity contribution in [2.45, 2.75) is 0 Å². The summed E-state index contributed by atoms with van der Waals surface area (Å²) in [7, 11) is 0. The Morgan fingerprint density at radius 3 is 3.30 bits per heavy atom. The number of rotatable bonds is 0. The van der Waals surface area contributed by atoms with Crippen molar-refractivity contribution in [2.75, 3.05) is 6.61 Å². The van der Waals surface area contributed by atoms with Gasteiger partial charge in [0, 0.05) is 6.20 Å². The lowest BCUT2D eigenvalue weighted by Gasteiger charge is -1.91. The predicted octanol–water partition coefficient (Wildman–Crippen LogP) is 0.657. The largest absolute Gasteiger partial charge is 0.483 e. The van der Waals surface area contributed by atoms with Gasteiger partial charge in [0.25, 0.3) is 0 Å². The second kappa shape index (κ2) is 1.80. The van der Waals surface area contributed by atoms with E-state index in [2.05, 4.69) is 4.98 Å². The van der Waals surface area contributed by atoms with Crippen molar-refractivity contribution < 1.29 is 9.53 Å². The Balaban J connectivity index is 2.61. The summed E-state index contributed by atoms with van der Waals surface area (Å²) in [5, 5.41) is 0. The minimum Gasteiger partial charge on any atom is -0.483 e. The van der Waals surface area contributed by atoms with Gasteiger partial charge >= 0.3 is 0 Å². The number of fused-ring (bicyclic) bond motifs is 1. The van der Waals surface area contributed by atoms with E-state index in [1.54, 1.807) is 18.3 Å². The average molecular weight is 135 g/mol. The highest BCUT2D eigenvalue weighted by Gasteiger charge is 2.21. The Morgan fingerprint density at radius 2 is 2.50 bits per heavy atom. The van der Waals surface area contributed by atoms with Gasteiger partial charge in [-0.25, -0.2) is 4.98 Å². The molecule has 0 N–H and O–H groups in total. The van der Waals surface area contributed by atoms with Crippen molar-refractivity contribution in [3.8, 4) is 5.75 Å². The second-order valence-electron chi connectivity index (χ2n) is 2.06. The number of pyridine rings is 1. The summed E-state index contributed by atoms with van der Waals surface area (Å²) in [4.78, 5) is 14.7. The lowest BCUT2D eigenvalue weighted by molar-refractivity contribution is 0.0958. The molecule has 10 heavy (non-hydrogen) atoms. The van der Waals surface area contributed by atoms with Crippen LogP contribution in [-0.4, -0.2) is 17.4 Å². The molecule has 0 fully saturated rings. The smallest absolute Gasteiger partial charge is 0.222 e. The first-order chi connectivity index (χ1) is 4.88. The molecular formula is C7H5NO2. The van der Waals surface area contributed by atoms with Crippen molar-refractivity contribution in [2.24, 2.45) is 0 Å². The molecule has 0 spiro atoms. The fourth-order valence-electron chi connectivity index (χ4n) is 0.928. The minimum absolute atomic E-state index is 0.0319. The van der Waals surface area contributed by atoms with E-state index >= 15 is 0 Å². The standard InChI is InChI=1S/C7H5NO2/c9-5-4-10-6-2-1-3-8-7(5)6/h1-3H,4H2. The SMILES string of the molecule is O=C1COc2cccnc21. The summed E-state index contributed by atoms with van der Waals surface area (Å²) < 4.78 is 5.00. The molecule has 0 aromatic carbocycles. The number of aromatic nitrogens is 1. The quantitative estimate of drug-likeness (QED) is 0.524. The lowest BCUT2D eigenvalue weighted by Crippen LogP contribution is -2.00. The highest BCUT2D eigenvalue weighted by molar-refractivity contribution is 6.00. The van der Waals surface area contributed by atoms with Crippen molar-refractivity contribution >= 4 is 5.78 Å². The zero-order valence-electron chi connectivity index (χ0n) is 5.20. The van der Waals surface area contributed by atoms with E-state index in [1.165, 1.54) is 0 Å². The minimum atomic E-state index is -0.0319. The van der Waals surface area contributed by atoms with Gasteiger partial charge in [-0.05, 0) is 12.1 Å². The Morgan fingerprint density at radius 1 is 1.60 bits per heavy atom. The highest BCUT2D eigenvalue weighted by Crippen LogP contribution is 2.20. The second-order valence-corrected chi connectivity index (χ2v) is 2.06. The Labute approximate surface area is 57.7 Å². The van der Waals surface area contributed by atoms with E-state index in [1.807, 2.05) is 0 Å². The Hall–Kier alpha value is -1.38. The van der Waals surface area contributed by atoms with Gasteiger partial charge in [0.05, 0.1) is 0 Å². The lowest BCUT2D eigenvalue weighted by atomic mass is 10.3. The Bertz CT molecular complexity index is 283. The van der Waals surface area contributed by atoms with E-state index in [0.717, 1.165) is 0 Å². The summed E-state index contributed by atoms with van der Waals surface area (Å²) in [5.74, 6) is 0.572. The predicted molar refractivity (Wildman–Crippen MR) is 34.1 cm³/mol. The van der Waals surface area contributed by atoms with Crippen LogP contribution in [-0.2, 0) is 0 Å². The number of nitrogens with zero attached hydrogens (tertiary/aromatic N) is 1. The molecule has 0 amide bonds. The van der Waals surface area contributed by atoms with Crippen LogP contribution in [0.3, 0.4) is 0 Å². The van der Waals surface area contributed by atoms with Crippen LogP contribution >= 0.6 is 0 Å². The van der Waals surface area contributed by atoms with Crippen LogP contribution in [0, 0.1) is 0 Å². The monoisotopic (exact) mass is 135 g/mol. The zero-order chi connectivity index (χ0) is 6.97. The van der Waals surface area contributed by atoms with E-state index in [-0.39, 0.29) is 12.4 Å². The van der Waals surface area contributed by atoms with Gasteiger partial charge in [0.15, 0.2) is 12.3 Å². The number of hydrogen-bond donors (Lipinski definition) is 0. The molecule has 1 aromatic heterocycles. The van der Waals surface area contributed by atoms with E-state index in [0.29, 0.717) is 11.4 Å². The third-order valence-corrected chi connectivity index (χ3v) is 1.39. The molecule has 0 saturated carbocycles. The van der Waals surface area contributed by atoms with Crippen molar-refractivity contribution in [3.63, 3.8) is 0 Å². The summed E-state index contributed by atoms with van der Waals surface area (Å²) >= 11 is 0. The highest BCUT2D eigenvalue weighted by atomic mass is 16.5. The van der Waals surface area contributed by atoms with Gasteiger partial charge in [0.1, 0.15) is 5.75 Å². The maximum Gasteiger partial charge on any atom is 0.222 e. The zero-order valence-corrected chi connectivity index (χ0v) is 5.20. The van der Waals surface area contributed by atoms with Gasteiger partial charge in [-0.15, -0.1) is 0 Å². The molecule has 0 saturated heterocycles. The maximum atomic E-state index is 10.9. The number of carbonyl (C=O) groups excluding carboxylic acids is 1. The molecule has 2 rings (SSSR count). The molecule has 0 aliphatic carbocycles.